The molecule has 0 radical (unpaired) electrons. The Bertz CT molecular complexity index is 447. The summed E-state index contributed by atoms with van der Waals surface area (Å²) < 4.78 is 24.4. The zero-order chi connectivity index (χ0) is 11.6. The van der Waals surface area contributed by atoms with Crippen molar-refractivity contribution in [1.82, 2.24) is 4.98 Å². The molecule has 1 aromatic heterocycles. The van der Waals surface area contributed by atoms with Gasteiger partial charge in [-0.2, -0.15) is 0 Å². The molecular weight excluding hydrogens is 224 g/mol. The molecule has 0 aliphatic heterocycles. The Balaban J connectivity index is 2.27. The number of nitrogens with two attached hydrogens (primary N) is 1. The van der Waals surface area contributed by atoms with Crippen LogP contribution in [-0.4, -0.2) is 18.7 Å². The molecule has 0 unspecified atom stereocenters. The fraction of sp³-hybridized carbons (Fsp3) is 0.545. The van der Waals surface area contributed by atoms with Crippen LogP contribution < -0.4 is 5.73 Å². The number of hydrogen-bond donors (Lipinski definition) is 1. The predicted octanol–water partition coefficient (Wildman–Crippen LogP) is 1.77. The first kappa shape index (κ1) is 11.4. The number of aromatic nitrogens is 1. The van der Waals surface area contributed by atoms with Crippen LogP contribution in [0.15, 0.2) is 23.4 Å². The monoisotopic (exact) mass is 240 g/mol. The number of rotatable bonds is 2. The average molecular weight is 240 g/mol. The molecule has 0 saturated heterocycles. The van der Waals surface area contributed by atoms with Crippen LogP contribution in [0.4, 0.5) is 5.69 Å². The number of pyridine rings is 1. The van der Waals surface area contributed by atoms with Gasteiger partial charge in [0.2, 0.25) is 0 Å². The fourth-order valence-electron chi connectivity index (χ4n) is 2.11. The van der Waals surface area contributed by atoms with Gasteiger partial charge in [-0.3, -0.25) is 0 Å². The first-order chi connectivity index (χ1) is 7.60. The van der Waals surface area contributed by atoms with Crippen LogP contribution in [0.25, 0.3) is 0 Å². The molecule has 1 heterocycles. The first-order valence-electron chi connectivity index (χ1n) is 5.56. The van der Waals surface area contributed by atoms with E-state index in [4.69, 9.17) is 5.73 Å². The second-order valence-electron chi connectivity index (χ2n) is 4.23. The molecule has 0 amide bonds. The van der Waals surface area contributed by atoms with Gasteiger partial charge in [0.25, 0.3) is 0 Å². The number of anilines is 1. The second-order valence-corrected chi connectivity index (χ2v) is 6.41. The highest BCUT2D eigenvalue weighted by molar-refractivity contribution is 7.92. The maximum Gasteiger partial charge on any atom is 0.198 e. The van der Waals surface area contributed by atoms with Gasteiger partial charge >= 0.3 is 0 Å². The van der Waals surface area contributed by atoms with Crippen molar-refractivity contribution in [2.45, 2.75) is 42.4 Å². The second kappa shape index (κ2) is 4.41. The lowest BCUT2D eigenvalue weighted by Crippen LogP contribution is -2.24. The third-order valence-corrected chi connectivity index (χ3v) is 5.22. The highest BCUT2D eigenvalue weighted by atomic mass is 32.2. The molecule has 0 spiro atoms. The van der Waals surface area contributed by atoms with Gasteiger partial charge in [0.1, 0.15) is 0 Å². The highest BCUT2D eigenvalue weighted by Crippen LogP contribution is 2.27. The summed E-state index contributed by atoms with van der Waals surface area (Å²) in [5.74, 6) is 0. The van der Waals surface area contributed by atoms with E-state index in [1.54, 1.807) is 6.07 Å². The number of hydrogen-bond acceptors (Lipinski definition) is 4. The molecule has 0 aromatic carbocycles. The minimum absolute atomic E-state index is 0.161. The van der Waals surface area contributed by atoms with E-state index in [1.165, 1.54) is 12.3 Å². The van der Waals surface area contributed by atoms with Crippen LogP contribution >= 0.6 is 0 Å². The lowest BCUT2D eigenvalue weighted by atomic mass is 10.0. The summed E-state index contributed by atoms with van der Waals surface area (Å²) >= 11 is 0. The van der Waals surface area contributed by atoms with E-state index in [0.29, 0.717) is 5.69 Å². The van der Waals surface area contributed by atoms with Crippen LogP contribution in [0, 0.1) is 0 Å². The lowest BCUT2D eigenvalue weighted by molar-refractivity contribution is 0.482. The fourth-order valence-corrected chi connectivity index (χ4v) is 3.86. The lowest BCUT2D eigenvalue weighted by Gasteiger charge is -2.21. The van der Waals surface area contributed by atoms with Gasteiger partial charge in [-0.05, 0) is 25.0 Å². The van der Waals surface area contributed by atoms with Gasteiger partial charge in [0.15, 0.2) is 14.9 Å². The van der Waals surface area contributed by atoms with Crippen LogP contribution in [0.3, 0.4) is 0 Å². The van der Waals surface area contributed by atoms with E-state index in [2.05, 4.69) is 4.98 Å². The summed E-state index contributed by atoms with van der Waals surface area (Å²) in [5.41, 5.74) is 5.98. The smallest absolute Gasteiger partial charge is 0.198 e. The Morgan fingerprint density at radius 2 is 1.88 bits per heavy atom. The molecule has 4 nitrogen and oxygen atoms in total. The topological polar surface area (TPSA) is 73.1 Å². The Morgan fingerprint density at radius 1 is 1.19 bits per heavy atom. The summed E-state index contributed by atoms with van der Waals surface area (Å²) in [6.07, 6.45) is 6.05. The van der Waals surface area contributed by atoms with Gasteiger partial charge in [-0.25, -0.2) is 13.4 Å². The van der Waals surface area contributed by atoms with Crippen LogP contribution in [0.5, 0.6) is 0 Å². The van der Waals surface area contributed by atoms with Gasteiger partial charge in [-0.1, -0.05) is 19.3 Å². The highest BCUT2D eigenvalue weighted by Gasteiger charge is 2.29. The predicted molar refractivity (Wildman–Crippen MR) is 62.7 cm³/mol. The van der Waals surface area contributed by atoms with Crippen LogP contribution in [0.1, 0.15) is 32.1 Å². The van der Waals surface area contributed by atoms with Crippen molar-refractivity contribution in [2.75, 3.05) is 5.73 Å². The summed E-state index contributed by atoms with van der Waals surface area (Å²) in [4.78, 5) is 3.91. The molecule has 1 aliphatic rings. The molecule has 1 aromatic rings. The van der Waals surface area contributed by atoms with Crippen molar-refractivity contribution in [1.29, 1.82) is 0 Å². The zero-order valence-electron chi connectivity index (χ0n) is 9.09. The first-order valence-corrected chi connectivity index (χ1v) is 7.11. The van der Waals surface area contributed by atoms with Crippen molar-refractivity contribution >= 4 is 15.5 Å². The summed E-state index contributed by atoms with van der Waals surface area (Å²) in [7, 11) is -3.25. The minimum atomic E-state index is -3.25. The molecule has 2 rings (SSSR count). The molecule has 2 N–H and O–H groups in total. The van der Waals surface area contributed by atoms with E-state index >= 15 is 0 Å². The van der Waals surface area contributed by atoms with Crippen molar-refractivity contribution < 1.29 is 8.42 Å². The Hall–Kier alpha value is -1.10. The molecule has 5 heteroatoms. The molecule has 0 atom stereocenters. The molecule has 1 aliphatic carbocycles. The average Bonchev–Trinajstić information content (AvgIpc) is 2.31. The zero-order valence-corrected chi connectivity index (χ0v) is 9.91. The van der Waals surface area contributed by atoms with E-state index in [1.807, 2.05) is 0 Å². The van der Waals surface area contributed by atoms with Crippen molar-refractivity contribution in [3.05, 3.63) is 18.3 Å². The number of sulfone groups is 1. The van der Waals surface area contributed by atoms with Gasteiger partial charge in [0, 0.05) is 0 Å². The third kappa shape index (κ3) is 2.19. The standard InChI is InChI=1S/C11H16N2O2S/c12-9-6-7-11(13-8-9)16(14,15)10-4-2-1-3-5-10/h6-8,10H,1-5,12H2. The van der Waals surface area contributed by atoms with Crippen LogP contribution in [0.2, 0.25) is 0 Å². The van der Waals surface area contributed by atoms with E-state index in [-0.39, 0.29) is 10.3 Å². The molecule has 0 bridgehead atoms. The number of nitrogens with zero attached hydrogens (tertiary/aromatic N) is 1. The Kier molecular flexibility index (Phi) is 3.14. The van der Waals surface area contributed by atoms with Crippen molar-refractivity contribution in [3.63, 3.8) is 0 Å². The molecule has 16 heavy (non-hydrogen) atoms. The summed E-state index contributed by atoms with van der Waals surface area (Å²) in [5, 5.41) is -0.0917. The maximum absolute atomic E-state index is 12.2. The molecule has 1 fully saturated rings. The molecular formula is C11H16N2O2S. The van der Waals surface area contributed by atoms with E-state index in [0.717, 1.165) is 32.1 Å². The normalized spacial score (nSPS) is 18.5. The van der Waals surface area contributed by atoms with E-state index < -0.39 is 9.84 Å². The largest absolute Gasteiger partial charge is 0.397 e. The Morgan fingerprint density at radius 3 is 2.44 bits per heavy atom. The molecule has 1 saturated carbocycles. The van der Waals surface area contributed by atoms with Gasteiger partial charge in [0.05, 0.1) is 17.1 Å². The quantitative estimate of drug-likeness (QED) is 0.855. The maximum atomic E-state index is 12.2. The Labute approximate surface area is 95.8 Å². The third-order valence-electron chi connectivity index (χ3n) is 3.04. The van der Waals surface area contributed by atoms with Crippen molar-refractivity contribution in [2.24, 2.45) is 0 Å². The minimum Gasteiger partial charge on any atom is -0.397 e. The SMILES string of the molecule is Nc1ccc(S(=O)(=O)C2CCCCC2)nc1. The van der Waals surface area contributed by atoms with Crippen LogP contribution in [-0.2, 0) is 9.84 Å². The number of nitrogen functional groups attached to an aromatic ring is 1. The van der Waals surface area contributed by atoms with Gasteiger partial charge < -0.3 is 5.73 Å². The van der Waals surface area contributed by atoms with Crippen molar-refractivity contribution in [3.8, 4) is 0 Å². The summed E-state index contributed by atoms with van der Waals surface area (Å²) in [6.45, 7) is 0. The van der Waals surface area contributed by atoms with Gasteiger partial charge in [-0.15, -0.1) is 0 Å². The molecule has 88 valence electrons. The van der Waals surface area contributed by atoms with E-state index in [9.17, 15) is 8.42 Å². The summed E-state index contributed by atoms with van der Waals surface area (Å²) in [6, 6.07) is 3.09.